The molecule has 1 N–H and O–H groups in total. The fourth-order valence-corrected chi connectivity index (χ4v) is 3.83. The Hall–Kier alpha value is -2.47. The quantitative estimate of drug-likeness (QED) is 0.788. The number of methoxy groups -OCH3 is 1. The third kappa shape index (κ3) is 4.38. The van der Waals surface area contributed by atoms with E-state index in [4.69, 9.17) is 9.84 Å². The number of hydrogen-bond donors (Lipinski definition) is 1. The highest BCUT2D eigenvalue weighted by Crippen LogP contribution is 2.24. The summed E-state index contributed by atoms with van der Waals surface area (Å²) >= 11 is 1.64. The highest BCUT2D eigenvalue weighted by atomic mass is 32.2. The highest BCUT2D eigenvalue weighted by molar-refractivity contribution is 7.99. The van der Waals surface area contributed by atoms with Gasteiger partial charge in [-0.05, 0) is 53.9 Å². The first-order valence-electron chi connectivity index (χ1n) is 8.46. The summed E-state index contributed by atoms with van der Waals surface area (Å²) in [5.41, 5.74) is 2.34. The summed E-state index contributed by atoms with van der Waals surface area (Å²) in [4.78, 5) is 26.5. The number of fused-ring (bicyclic) bond motifs is 1. The Kier molecular flexibility index (Phi) is 5.83. The number of carbonyl (C=O) groups is 2. The van der Waals surface area contributed by atoms with Gasteiger partial charge in [0.25, 0.3) is 0 Å². The van der Waals surface area contributed by atoms with Gasteiger partial charge >= 0.3 is 5.97 Å². The van der Waals surface area contributed by atoms with Crippen molar-refractivity contribution in [2.75, 3.05) is 19.4 Å². The summed E-state index contributed by atoms with van der Waals surface area (Å²) in [6, 6.07) is 13.0. The molecule has 0 fully saturated rings. The monoisotopic (exact) mass is 371 g/mol. The molecule has 1 amide bonds. The van der Waals surface area contributed by atoms with E-state index in [1.807, 2.05) is 35.2 Å². The number of amides is 1. The van der Waals surface area contributed by atoms with E-state index >= 15 is 0 Å². The van der Waals surface area contributed by atoms with E-state index < -0.39 is 5.97 Å². The van der Waals surface area contributed by atoms with Crippen molar-refractivity contribution < 1.29 is 19.4 Å². The van der Waals surface area contributed by atoms with Crippen LogP contribution in [0.4, 0.5) is 0 Å². The molecule has 0 radical (unpaired) electrons. The second-order valence-electron chi connectivity index (χ2n) is 6.13. The molecule has 0 aromatic heterocycles. The van der Waals surface area contributed by atoms with Gasteiger partial charge in [0.15, 0.2) is 0 Å². The first-order chi connectivity index (χ1) is 12.6. The minimum absolute atomic E-state index is 0.109. The van der Waals surface area contributed by atoms with Gasteiger partial charge in [-0.3, -0.25) is 4.79 Å². The lowest BCUT2D eigenvalue weighted by Crippen LogP contribution is -2.36. The summed E-state index contributed by atoms with van der Waals surface area (Å²) in [6.45, 7) is 1.17. The highest BCUT2D eigenvalue weighted by Gasteiger charge is 2.21. The summed E-state index contributed by atoms with van der Waals surface area (Å²) in [5, 5.41) is 9.13. The number of benzene rings is 2. The summed E-state index contributed by atoms with van der Waals surface area (Å²) in [5.74, 6) is 0.701. The van der Waals surface area contributed by atoms with Crippen LogP contribution in [-0.4, -0.2) is 41.3 Å². The Morgan fingerprint density at radius 3 is 2.62 bits per heavy atom. The zero-order valence-corrected chi connectivity index (χ0v) is 15.4. The number of hydrogen-bond acceptors (Lipinski definition) is 4. The van der Waals surface area contributed by atoms with Gasteiger partial charge < -0.3 is 14.7 Å². The number of rotatable bonds is 6. The zero-order valence-electron chi connectivity index (χ0n) is 14.6. The van der Waals surface area contributed by atoms with Crippen LogP contribution in [0.2, 0.25) is 0 Å². The van der Waals surface area contributed by atoms with Crippen LogP contribution in [0.3, 0.4) is 0 Å². The number of ether oxygens (including phenoxy) is 1. The van der Waals surface area contributed by atoms with Crippen molar-refractivity contribution in [3.8, 4) is 5.75 Å². The molecule has 136 valence electrons. The fraction of sp³-hybridized carbons (Fsp3) is 0.300. The lowest BCUT2D eigenvalue weighted by molar-refractivity contribution is -0.131. The van der Waals surface area contributed by atoms with Gasteiger partial charge in [0.2, 0.25) is 5.91 Å². The van der Waals surface area contributed by atoms with E-state index in [2.05, 4.69) is 0 Å². The van der Waals surface area contributed by atoms with E-state index in [-0.39, 0.29) is 11.5 Å². The molecule has 26 heavy (non-hydrogen) atoms. The molecule has 2 aromatic rings. The van der Waals surface area contributed by atoms with Crippen molar-refractivity contribution in [3.63, 3.8) is 0 Å². The van der Waals surface area contributed by atoms with Gasteiger partial charge in [-0.15, -0.1) is 11.8 Å². The molecule has 0 spiro atoms. The molecule has 2 aromatic carbocycles. The van der Waals surface area contributed by atoms with Gasteiger partial charge in [-0.25, -0.2) is 4.79 Å². The normalized spacial score (nSPS) is 13.2. The minimum Gasteiger partial charge on any atom is -0.497 e. The fourth-order valence-electron chi connectivity index (χ4n) is 2.99. The van der Waals surface area contributed by atoms with Crippen LogP contribution in [0.1, 0.15) is 27.9 Å². The van der Waals surface area contributed by atoms with Gasteiger partial charge in [-0.2, -0.15) is 0 Å². The Balaban J connectivity index is 1.53. The van der Waals surface area contributed by atoms with Crippen molar-refractivity contribution in [3.05, 3.63) is 59.2 Å². The SMILES string of the molecule is COc1ccc(SCCC(=O)N2CCc3ccc(C(=O)O)cc3C2)cc1. The van der Waals surface area contributed by atoms with Gasteiger partial charge in [0.1, 0.15) is 5.75 Å². The predicted molar refractivity (Wildman–Crippen MR) is 101 cm³/mol. The number of thioether (sulfide) groups is 1. The molecule has 1 aliphatic rings. The van der Waals surface area contributed by atoms with Crippen LogP contribution in [0.25, 0.3) is 0 Å². The predicted octanol–water partition coefficient (Wildman–Crippen LogP) is 3.46. The number of carbonyl (C=O) groups excluding carboxylic acids is 1. The van der Waals surface area contributed by atoms with Gasteiger partial charge in [0.05, 0.1) is 12.7 Å². The van der Waals surface area contributed by atoms with Gasteiger partial charge in [0, 0.05) is 30.2 Å². The van der Waals surface area contributed by atoms with Crippen molar-refractivity contribution in [2.45, 2.75) is 24.3 Å². The maximum atomic E-state index is 12.5. The van der Waals surface area contributed by atoms with E-state index in [0.29, 0.717) is 25.3 Å². The first kappa shape index (κ1) is 18.3. The molecule has 3 rings (SSSR count). The number of carboxylic acid groups (broad SMARTS) is 1. The smallest absolute Gasteiger partial charge is 0.335 e. The largest absolute Gasteiger partial charge is 0.497 e. The summed E-state index contributed by atoms with van der Waals surface area (Å²) in [7, 11) is 1.64. The Labute approximate surface area is 157 Å². The third-order valence-corrected chi connectivity index (χ3v) is 5.48. The molecule has 1 heterocycles. The van der Waals surface area contributed by atoms with Crippen molar-refractivity contribution in [1.29, 1.82) is 0 Å². The topological polar surface area (TPSA) is 66.8 Å². The molecule has 0 aliphatic carbocycles. The average molecular weight is 371 g/mol. The number of nitrogens with zero attached hydrogens (tertiary/aromatic N) is 1. The Morgan fingerprint density at radius 1 is 1.15 bits per heavy atom. The molecule has 0 atom stereocenters. The number of carboxylic acids is 1. The van der Waals surface area contributed by atoms with E-state index in [1.165, 1.54) is 0 Å². The van der Waals surface area contributed by atoms with Crippen LogP contribution >= 0.6 is 11.8 Å². The van der Waals surface area contributed by atoms with Crippen LogP contribution < -0.4 is 4.74 Å². The van der Waals surface area contributed by atoms with Crippen LogP contribution in [0.5, 0.6) is 5.75 Å². The lowest BCUT2D eigenvalue weighted by Gasteiger charge is -2.29. The Morgan fingerprint density at radius 2 is 1.92 bits per heavy atom. The summed E-state index contributed by atoms with van der Waals surface area (Å²) in [6.07, 6.45) is 1.23. The molecule has 1 aliphatic heterocycles. The zero-order chi connectivity index (χ0) is 18.5. The van der Waals surface area contributed by atoms with Crippen molar-refractivity contribution >= 4 is 23.6 Å². The van der Waals surface area contributed by atoms with E-state index in [1.54, 1.807) is 31.0 Å². The number of aromatic carboxylic acids is 1. The molecular formula is C20H21NO4S. The first-order valence-corrected chi connectivity index (χ1v) is 9.45. The molecule has 5 nitrogen and oxygen atoms in total. The third-order valence-electron chi connectivity index (χ3n) is 4.46. The average Bonchev–Trinajstić information content (AvgIpc) is 2.67. The molecule has 0 unspecified atom stereocenters. The molecule has 0 bridgehead atoms. The van der Waals surface area contributed by atoms with Crippen molar-refractivity contribution in [2.24, 2.45) is 0 Å². The van der Waals surface area contributed by atoms with Crippen LogP contribution in [0.15, 0.2) is 47.4 Å². The Bertz CT molecular complexity index is 804. The summed E-state index contributed by atoms with van der Waals surface area (Å²) < 4.78 is 5.14. The van der Waals surface area contributed by atoms with Gasteiger partial charge in [-0.1, -0.05) is 6.07 Å². The van der Waals surface area contributed by atoms with Crippen molar-refractivity contribution in [1.82, 2.24) is 4.90 Å². The minimum atomic E-state index is -0.938. The standard InChI is InChI=1S/C20H21NO4S/c1-25-17-4-6-18(7-5-17)26-11-9-19(22)21-10-8-14-2-3-15(20(23)24)12-16(14)13-21/h2-7,12H,8-11,13H2,1H3,(H,23,24). The van der Waals surface area contributed by atoms with E-state index in [0.717, 1.165) is 28.2 Å². The van der Waals surface area contributed by atoms with Crippen LogP contribution in [0, 0.1) is 0 Å². The molecule has 0 saturated carbocycles. The molecular weight excluding hydrogens is 350 g/mol. The second-order valence-corrected chi connectivity index (χ2v) is 7.30. The lowest BCUT2D eigenvalue weighted by atomic mass is 9.97. The van der Waals surface area contributed by atoms with E-state index in [9.17, 15) is 9.59 Å². The molecule has 6 heteroatoms. The van der Waals surface area contributed by atoms with Crippen LogP contribution in [-0.2, 0) is 17.8 Å². The maximum absolute atomic E-state index is 12.5. The maximum Gasteiger partial charge on any atom is 0.335 e. The second kappa shape index (κ2) is 8.27. The molecule has 0 saturated heterocycles.